The number of hydrogen-bond acceptors (Lipinski definition) is 4. The van der Waals surface area contributed by atoms with Gasteiger partial charge >= 0.3 is 0 Å². The fraction of sp³-hybridized carbons (Fsp3) is 0.100. The van der Waals surface area contributed by atoms with Gasteiger partial charge in [0.25, 0.3) is 5.91 Å². The van der Waals surface area contributed by atoms with Gasteiger partial charge in [-0.3, -0.25) is 9.78 Å². The second-order valence-electron chi connectivity index (χ2n) is 5.70. The number of anilines is 1. The Bertz CT molecular complexity index is 916. The Kier molecular flexibility index (Phi) is 5.39. The maximum Gasteiger partial charge on any atom is 0.252 e. The molecule has 1 heterocycles. The van der Waals surface area contributed by atoms with Crippen molar-refractivity contribution in [2.45, 2.75) is 6.04 Å². The van der Waals surface area contributed by atoms with Gasteiger partial charge in [-0.2, -0.15) is 0 Å². The number of benzene rings is 2. The molecule has 0 aliphatic carbocycles. The molecule has 0 bridgehead atoms. The van der Waals surface area contributed by atoms with Gasteiger partial charge < -0.3 is 15.8 Å². The summed E-state index contributed by atoms with van der Waals surface area (Å²) in [4.78, 5) is 15.9. The first-order chi connectivity index (χ1) is 12.6. The number of carbonyl (C=O) groups is 1. The van der Waals surface area contributed by atoms with E-state index in [1.807, 2.05) is 42.5 Å². The summed E-state index contributed by atoms with van der Waals surface area (Å²) in [5, 5.41) is 4.07. The number of ether oxygens (including phenoxy) is 1. The number of nitrogens with one attached hydrogen (secondary N) is 1. The summed E-state index contributed by atoms with van der Waals surface area (Å²) in [6, 6.07) is 16.5. The molecule has 132 valence electrons. The normalized spacial score (nSPS) is 11.6. The Morgan fingerprint density at radius 1 is 1.15 bits per heavy atom. The molecule has 1 atom stereocenters. The molecule has 0 fully saturated rings. The highest BCUT2D eigenvalue weighted by Gasteiger charge is 2.17. The molecule has 1 amide bonds. The lowest BCUT2D eigenvalue weighted by atomic mass is 9.99. The van der Waals surface area contributed by atoms with Crippen LogP contribution in [0.1, 0.15) is 27.5 Å². The van der Waals surface area contributed by atoms with E-state index < -0.39 is 5.91 Å². The van der Waals surface area contributed by atoms with E-state index in [-0.39, 0.29) is 6.04 Å². The maximum atomic E-state index is 11.7. The standard InChI is InChI=1S/C20H18ClN3O2/c1-26-18-8-7-16(11-17(18)20(22)25)24-19(14-5-3-9-23-12-14)13-4-2-6-15(21)10-13/h2-12,19,24H,1H3,(H2,22,25). The molecule has 5 nitrogen and oxygen atoms in total. The zero-order valence-electron chi connectivity index (χ0n) is 14.1. The molecule has 0 spiro atoms. The van der Waals surface area contributed by atoms with E-state index in [4.69, 9.17) is 22.1 Å². The minimum absolute atomic E-state index is 0.198. The highest BCUT2D eigenvalue weighted by atomic mass is 35.5. The molecule has 3 N–H and O–H groups in total. The van der Waals surface area contributed by atoms with Crippen LogP contribution in [-0.4, -0.2) is 18.0 Å². The molecule has 1 aromatic heterocycles. The zero-order valence-corrected chi connectivity index (χ0v) is 14.9. The van der Waals surface area contributed by atoms with Crippen LogP contribution >= 0.6 is 11.6 Å². The van der Waals surface area contributed by atoms with Gasteiger partial charge in [0.15, 0.2) is 0 Å². The predicted octanol–water partition coefficient (Wildman–Crippen LogP) is 4.04. The largest absolute Gasteiger partial charge is 0.496 e. The summed E-state index contributed by atoms with van der Waals surface area (Å²) in [5.74, 6) is -0.116. The SMILES string of the molecule is COc1ccc(NC(c2cccnc2)c2cccc(Cl)c2)cc1C(N)=O. The van der Waals surface area contributed by atoms with Gasteiger partial charge in [0.2, 0.25) is 0 Å². The summed E-state index contributed by atoms with van der Waals surface area (Å²) in [6.45, 7) is 0. The van der Waals surface area contributed by atoms with Crippen molar-refractivity contribution in [1.29, 1.82) is 0 Å². The van der Waals surface area contributed by atoms with Crippen LogP contribution in [0.2, 0.25) is 5.02 Å². The third kappa shape index (κ3) is 3.95. The van der Waals surface area contributed by atoms with Gasteiger partial charge in [-0.1, -0.05) is 29.8 Å². The first kappa shape index (κ1) is 17.8. The van der Waals surface area contributed by atoms with Crippen molar-refractivity contribution in [3.8, 4) is 5.75 Å². The van der Waals surface area contributed by atoms with Gasteiger partial charge in [-0.25, -0.2) is 0 Å². The van der Waals surface area contributed by atoms with E-state index in [2.05, 4.69) is 10.3 Å². The Morgan fingerprint density at radius 3 is 2.62 bits per heavy atom. The van der Waals surface area contributed by atoms with Crippen LogP contribution in [0, 0.1) is 0 Å². The van der Waals surface area contributed by atoms with Crippen LogP contribution in [0.5, 0.6) is 5.75 Å². The number of nitrogens with zero attached hydrogens (tertiary/aromatic N) is 1. The average molecular weight is 368 g/mol. The summed E-state index contributed by atoms with van der Waals surface area (Å²) >= 11 is 6.16. The van der Waals surface area contributed by atoms with Crippen molar-refractivity contribution in [3.63, 3.8) is 0 Å². The van der Waals surface area contributed by atoms with Crippen LogP contribution in [0.15, 0.2) is 67.0 Å². The minimum atomic E-state index is -0.550. The smallest absolute Gasteiger partial charge is 0.252 e. The maximum absolute atomic E-state index is 11.7. The molecular formula is C20H18ClN3O2. The second kappa shape index (κ2) is 7.89. The number of primary amides is 1. The summed E-state index contributed by atoms with van der Waals surface area (Å²) in [7, 11) is 1.50. The monoisotopic (exact) mass is 367 g/mol. The number of amides is 1. The predicted molar refractivity (Wildman–Crippen MR) is 103 cm³/mol. The number of carbonyl (C=O) groups excluding carboxylic acids is 1. The van der Waals surface area contributed by atoms with Crippen molar-refractivity contribution in [2.24, 2.45) is 5.73 Å². The van der Waals surface area contributed by atoms with E-state index in [0.717, 1.165) is 16.8 Å². The first-order valence-electron chi connectivity index (χ1n) is 7.98. The number of pyridine rings is 1. The van der Waals surface area contributed by atoms with Crippen molar-refractivity contribution >= 4 is 23.2 Å². The molecule has 0 saturated carbocycles. The number of rotatable bonds is 6. The van der Waals surface area contributed by atoms with Crippen molar-refractivity contribution in [2.75, 3.05) is 12.4 Å². The van der Waals surface area contributed by atoms with Crippen molar-refractivity contribution < 1.29 is 9.53 Å². The lowest BCUT2D eigenvalue weighted by Gasteiger charge is -2.21. The topological polar surface area (TPSA) is 77.2 Å². The summed E-state index contributed by atoms with van der Waals surface area (Å²) in [5.41, 5.74) is 8.44. The number of aromatic nitrogens is 1. The highest BCUT2D eigenvalue weighted by Crippen LogP contribution is 2.30. The molecule has 6 heteroatoms. The Hall–Kier alpha value is -3.05. The van der Waals surface area contributed by atoms with Crippen LogP contribution in [0.3, 0.4) is 0 Å². The van der Waals surface area contributed by atoms with Crippen LogP contribution in [0.4, 0.5) is 5.69 Å². The van der Waals surface area contributed by atoms with Gasteiger partial charge in [0.1, 0.15) is 5.75 Å². The number of nitrogens with two attached hydrogens (primary N) is 1. The van der Waals surface area contributed by atoms with Gasteiger partial charge in [-0.05, 0) is 47.5 Å². The van der Waals surface area contributed by atoms with Crippen LogP contribution in [-0.2, 0) is 0 Å². The van der Waals surface area contributed by atoms with E-state index in [1.165, 1.54) is 7.11 Å². The second-order valence-corrected chi connectivity index (χ2v) is 6.13. The molecule has 3 aromatic rings. The molecule has 0 radical (unpaired) electrons. The molecule has 0 aliphatic rings. The van der Waals surface area contributed by atoms with E-state index in [0.29, 0.717) is 16.3 Å². The Morgan fingerprint density at radius 2 is 1.96 bits per heavy atom. The van der Waals surface area contributed by atoms with Gasteiger partial charge in [0.05, 0.1) is 18.7 Å². The molecule has 1 unspecified atom stereocenters. The summed E-state index contributed by atoms with van der Waals surface area (Å²) in [6.07, 6.45) is 3.51. The first-order valence-corrected chi connectivity index (χ1v) is 8.36. The lowest BCUT2D eigenvalue weighted by Crippen LogP contribution is -2.15. The van der Waals surface area contributed by atoms with Gasteiger partial charge in [-0.15, -0.1) is 0 Å². The number of hydrogen-bond donors (Lipinski definition) is 2. The average Bonchev–Trinajstić information content (AvgIpc) is 2.66. The Labute approximate surface area is 156 Å². The van der Waals surface area contributed by atoms with Crippen LogP contribution in [0.25, 0.3) is 0 Å². The summed E-state index contributed by atoms with van der Waals surface area (Å²) < 4.78 is 5.20. The highest BCUT2D eigenvalue weighted by molar-refractivity contribution is 6.30. The van der Waals surface area contributed by atoms with Crippen molar-refractivity contribution in [3.05, 3.63) is 88.7 Å². The molecular weight excluding hydrogens is 350 g/mol. The zero-order chi connectivity index (χ0) is 18.5. The third-order valence-electron chi connectivity index (χ3n) is 3.98. The molecule has 26 heavy (non-hydrogen) atoms. The molecule has 0 aliphatic heterocycles. The minimum Gasteiger partial charge on any atom is -0.496 e. The molecule has 3 rings (SSSR count). The molecule has 0 saturated heterocycles. The van der Waals surface area contributed by atoms with Crippen LogP contribution < -0.4 is 15.8 Å². The van der Waals surface area contributed by atoms with E-state index >= 15 is 0 Å². The van der Waals surface area contributed by atoms with Gasteiger partial charge in [0, 0.05) is 23.1 Å². The quantitative estimate of drug-likeness (QED) is 0.689. The molecule has 2 aromatic carbocycles. The fourth-order valence-corrected chi connectivity index (χ4v) is 2.95. The fourth-order valence-electron chi connectivity index (χ4n) is 2.75. The number of halogens is 1. The number of methoxy groups -OCH3 is 1. The Balaban J connectivity index is 2.01. The lowest BCUT2D eigenvalue weighted by molar-refractivity contribution is 0.0997. The van der Waals surface area contributed by atoms with Crippen molar-refractivity contribution in [1.82, 2.24) is 4.98 Å². The van der Waals surface area contributed by atoms with E-state index in [1.54, 1.807) is 24.5 Å². The third-order valence-corrected chi connectivity index (χ3v) is 4.21. The van der Waals surface area contributed by atoms with E-state index in [9.17, 15) is 4.79 Å².